The van der Waals surface area contributed by atoms with Crippen LogP contribution in [0.5, 0.6) is 0 Å². The Kier molecular flexibility index (Phi) is 5.43. The lowest BCUT2D eigenvalue weighted by atomic mass is 10.1. The van der Waals surface area contributed by atoms with E-state index in [9.17, 15) is 12.8 Å². The summed E-state index contributed by atoms with van der Waals surface area (Å²) >= 11 is 0. The molecule has 1 heterocycles. The lowest BCUT2D eigenvalue weighted by molar-refractivity contribution is 0.464. The number of hydrogen-bond donors (Lipinski definition) is 1. The highest BCUT2D eigenvalue weighted by Gasteiger charge is 2.28. The van der Waals surface area contributed by atoms with Crippen molar-refractivity contribution in [2.45, 2.75) is 17.9 Å². The molecule has 152 valence electrons. The van der Waals surface area contributed by atoms with E-state index in [2.05, 4.69) is 14.9 Å². The molecule has 0 aliphatic rings. The van der Waals surface area contributed by atoms with E-state index >= 15 is 0 Å². The molecule has 1 N–H and O–H groups in total. The molecule has 1 atom stereocenters. The summed E-state index contributed by atoms with van der Waals surface area (Å²) < 4.78 is 48.0. The molecule has 1 aromatic heterocycles. The van der Waals surface area contributed by atoms with Crippen LogP contribution in [0.2, 0.25) is 0 Å². The van der Waals surface area contributed by atoms with Gasteiger partial charge in [0.1, 0.15) is 11.9 Å². The molecule has 0 saturated carbocycles. The van der Waals surface area contributed by atoms with Crippen molar-refractivity contribution < 1.29 is 17.2 Å². The summed E-state index contributed by atoms with van der Waals surface area (Å²) in [6, 6.07) is 20.8. The van der Waals surface area contributed by atoms with Gasteiger partial charge in [0.25, 0.3) is 0 Å². The van der Waals surface area contributed by atoms with Crippen LogP contribution in [-0.2, 0) is 10.0 Å². The molecule has 0 aliphatic carbocycles. The molecule has 0 bridgehead atoms. The first-order valence-corrected chi connectivity index (χ1v) is 10.6. The second-order valence-electron chi connectivity index (χ2n) is 6.69. The van der Waals surface area contributed by atoms with Gasteiger partial charge in [-0.2, -0.15) is 4.72 Å². The zero-order valence-corrected chi connectivity index (χ0v) is 16.8. The summed E-state index contributed by atoms with van der Waals surface area (Å²) in [5.41, 5.74) is 1.58. The largest absolute Gasteiger partial charge is 0.419 e. The van der Waals surface area contributed by atoms with Crippen LogP contribution >= 0.6 is 0 Å². The number of aryl methyl sites for hydroxylation is 1. The summed E-state index contributed by atoms with van der Waals surface area (Å²) in [7, 11) is -3.99. The predicted molar refractivity (Wildman–Crippen MR) is 109 cm³/mol. The summed E-state index contributed by atoms with van der Waals surface area (Å²) in [6.07, 6.45) is 0. The van der Waals surface area contributed by atoms with Gasteiger partial charge in [-0.3, -0.25) is 0 Å². The van der Waals surface area contributed by atoms with Crippen LogP contribution in [0.3, 0.4) is 0 Å². The number of nitrogens with zero attached hydrogens (tertiary/aromatic N) is 2. The Morgan fingerprint density at radius 2 is 1.60 bits per heavy atom. The van der Waals surface area contributed by atoms with E-state index in [-0.39, 0.29) is 22.2 Å². The van der Waals surface area contributed by atoms with Gasteiger partial charge in [-0.25, -0.2) is 12.8 Å². The zero-order chi connectivity index (χ0) is 21.1. The Morgan fingerprint density at radius 1 is 0.933 bits per heavy atom. The van der Waals surface area contributed by atoms with Crippen LogP contribution in [0.1, 0.15) is 23.1 Å². The highest BCUT2D eigenvalue weighted by atomic mass is 32.2. The lowest BCUT2D eigenvalue weighted by Gasteiger charge is -2.16. The molecule has 0 unspecified atom stereocenters. The van der Waals surface area contributed by atoms with Crippen molar-refractivity contribution in [1.82, 2.24) is 14.9 Å². The molecule has 0 amide bonds. The first-order chi connectivity index (χ1) is 14.4. The molecular weight excluding hydrogens is 405 g/mol. The molecule has 6 nitrogen and oxygen atoms in total. The van der Waals surface area contributed by atoms with E-state index in [0.717, 1.165) is 11.6 Å². The maximum atomic E-state index is 13.6. The second kappa shape index (κ2) is 8.17. The number of benzene rings is 3. The fourth-order valence-electron chi connectivity index (χ4n) is 2.96. The van der Waals surface area contributed by atoms with Gasteiger partial charge in [-0.05, 0) is 48.4 Å². The minimum Gasteiger partial charge on any atom is -0.419 e. The van der Waals surface area contributed by atoms with E-state index in [4.69, 9.17) is 4.42 Å². The smallest absolute Gasteiger partial charge is 0.247 e. The van der Waals surface area contributed by atoms with Crippen LogP contribution in [0, 0.1) is 12.7 Å². The van der Waals surface area contributed by atoms with Gasteiger partial charge in [0, 0.05) is 5.56 Å². The Labute approximate surface area is 173 Å². The molecular formula is C22H18FN3O3S. The maximum absolute atomic E-state index is 13.6. The summed E-state index contributed by atoms with van der Waals surface area (Å²) in [6.45, 7) is 1.51. The van der Waals surface area contributed by atoms with Crippen LogP contribution in [-0.4, -0.2) is 18.6 Å². The number of sulfonamides is 1. The number of halogens is 1. The first-order valence-electron chi connectivity index (χ1n) is 9.16. The lowest BCUT2D eigenvalue weighted by Crippen LogP contribution is -2.29. The van der Waals surface area contributed by atoms with Crippen LogP contribution in [0.4, 0.5) is 4.39 Å². The van der Waals surface area contributed by atoms with Crippen LogP contribution in [0.25, 0.3) is 11.5 Å². The van der Waals surface area contributed by atoms with E-state index in [1.54, 1.807) is 24.3 Å². The van der Waals surface area contributed by atoms with E-state index in [1.165, 1.54) is 19.1 Å². The van der Waals surface area contributed by atoms with Gasteiger partial charge in [-0.15, -0.1) is 10.2 Å². The molecule has 8 heteroatoms. The highest BCUT2D eigenvalue weighted by Crippen LogP contribution is 2.27. The molecule has 0 spiro atoms. The number of hydrogen-bond acceptors (Lipinski definition) is 5. The number of nitrogens with one attached hydrogen (secondary N) is 1. The Morgan fingerprint density at radius 3 is 2.27 bits per heavy atom. The third-order valence-electron chi connectivity index (χ3n) is 4.55. The van der Waals surface area contributed by atoms with Crippen molar-refractivity contribution in [1.29, 1.82) is 0 Å². The average Bonchev–Trinajstić information content (AvgIpc) is 3.25. The van der Waals surface area contributed by atoms with Crippen molar-refractivity contribution in [3.05, 3.63) is 102 Å². The monoisotopic (exact) mass is 423 g/mol. The molecule has 30 heavy (non-hydrogen) atoms. The quantitative estimate of drug-likeness (QED) is 0.501. The third kappa shape index (κ3) is 4.14. The normalized spacial score (nSPS) is 12.6. The molecule has 4 aromatic rings. The van der Waals surface area contributed by atoms with Gasteiger partial charge in [0.05, 0.1) is 4.90 Å². The minimum atomic E-state index is -3.99. The Bertz CT molecular complexity index is 1260. The van der Waals surface area contributed by atoms with E-state index in [0.29, 0.717) is 5.56 Å². The maximum Gasteiger partial charge on any atom is 0.247 e. The van der Waals surface area contributed by atoms with Crippen molar-refractivity contribution in [2.75, 3.05) is 0 Å². The number of rotatable bonds is 6. The molecule has 0 radical (unpaired) electrons. The third-order valence-corrected chi connectivity index (χ3v) is 5.97. The standard InChI is InChI=1S/C22H18FN3O3S/c1-15-14-18(12-13-19(15)23)30(27,28)26-20(16-8-4-2-5-9-16)22-25-24-21(29-22)17-10-6-3-7-11-17/h2-14,20,26H,1H3/t20-/m1/s1. The zero-order valence-electron chi connectivity index (χ0n) is 16.0. The fourth-order valence-corrected chi connectivity index (χ4v) is 4.23. The molecule has 4 rings (SSSR count). The molecule has 0 fully saturated rings. The SMILES string of the molecule is Cc1cc(S(=O)(=O)N[C@H](c2ccccc2)c2nnc(-c3ccccc3)o2)ccc1F. The highest BCUT2D eigenvalue weighted by molar-refractivity contribution is 7.89. The van der Waals surface area contributed by atoms with Crippen molar-refractivity contribution >= 4 is 10.0 Å². The van der Waals surface area contributed by atoms with E-state index in [1.807, 2.05) is 36.4 Å². The fraction of sp³-hybridized carbons (Fsp3) is 0.0909. The van der Waals surface area contributed by atoms with Crippen molar-refractivity contribution in [3.63, 3.8) is 0 Å². The van der Waals surface area contributed by atoms with Crippen LogP contribution < -0.4 is 4.72 Å². The van der Waals surface area contributed by atoms with Gasteiger partial charge in [0.2, 0.25) is 21.8 Å². The average molecular weight is 423 g/mol. The Balaban J connectivity index is 1.73. The van der Waals surface area contributed by atoms with Crippen molar-refractivity contribution in [3.8, 4) is 11.5 Å². The molecule has 3 aromatic carbocycles. The molecule has 0 aliphatic heterocycles. The van der Waals surface area contributed by atoms with Gasteiger partial charge < -0.3 is 4.42 Å². The van der Waals surface area contributed by atoms with Crippen LogP contribution in [0.15, 0.2) is 88.2 Å². The summed E-state index contributed by atoms with van der Waals surface area (Å²) in [4.78, 5) is -0.0508. The number of aromatic nitrogens is 2. The molecule has 0 saturated heterocycles. The Hall–Kier alpha value is -3.36. The topological polar surface area (TPSA) is 85.1 Å². The predicted octanol–water partition coefficient (Wildman–Crippen LogP) is 4.25. The van der Waals surface area contributed by atoms with E-state index < -0.39 is 21.9 Å². The second-order valence-corrected chi connectivity index (χ2v) is 8.40. The van der Waals surface area contributed by atoms with Gasteiger partial charge in [-0.1, -0.05) is 48.5 Å². The first kappa shape index (κ1) is 19.9. The minimum absolute atomic E-state index is 0.0508. The summed E-state index contributed by atoms with van der Waals surface area (Å²) in [5.74, 6) is -0.0937. The van der Waals surface area contributed by atoms with Gasteiger partial charge in [0.15, 0.2) is 0 Å². The summed E-state index contributed by atoms with van der Waals surface area (Å²) in [5, 5.41) is 8.14. The van der Waals surface area contributed by atoms with Gasteiger partial charge >= 0.3 is 0 Å². The van der Waals surface area contributed by atoms with Crippen molar-refractivity contribution in [2.24, 2.45) is 0 Å².